The number of rotatable bonds is 4. The van der Waals surface area contributed by atoms with Gasteiger partial charge >= 0.3 is 0 Å². The maximum atomic E-state index is 13.2. The van der Waals surface area contributed by atoms with Crippen molar-refractivity contribution in [3.05, 3.63) is 71.0 Å². The van der Waals surface area contributed by atoms with E-state index in [0.29, 0.717) is 21.4 Å². The molecule has 112 valence electrons. The lowest BCUT2D eigenvalue weighted by Gasteiger charge is -2.26. The Bertz CT molecular complexity index is 761. The van der Waals surface area contributed by atoms with E-state index in [4.69, 9.17) is 23.2 Å². The van der Waals surface area contributed by atoms with Gasteiger partial charge in [-0.3, -0.25) is 0 Å². The van der Waals surface area contributed by atoms with Gasteiger partial charge in [-0.05, 0) is 36.4 Å². The summed E-state index contributed by atoms with van der Waals surface area (Å²) < 4.78 is 13.2. The molecule has 0 atom stereocenters. The molecule has 0 spiro atoms. The number of anilines is 2. The van der Waals surface area contributed by atoms with Crippen LogP contribution in [0, 0.1) is 5.82 Å². The van der Waals surface area contributed by atoms with Gasteiger partial charge in [0.15, 0.2) is 0 Å². The predicted octanol–water partition coefficient (Wildman–Crippen LogP) is 4.02. The van der Waals surface area contributed by atoms with Crippen LogP contribution in [0.4, 0.5) is 15.8 Å². The third-order valence-corrected chi connectivity index (χ3v) is 3.69. The zero-order valence-electron chi connectivity index (χ0n) is 11.1. The molecular formula is C14H10Cl2FN5. The quantitative estimate of drug-likeness (QED) is 0.730. The zero-order valence-corrected chi connectivity index (χ0v) is 12.6. The molecule has 0 saturated heterocycles. The van der Waals surface area contributed by atoms with Crippen molar-refractivity contribution in [1.29, 1.82) is 0 Å². The molecule has 0 aliphatic heterocycles. The largest absolute Gasteiger partial charge is 0.239 e. The highest BCUT2D eigenvalue weighted by molar-refractivity contribution is 6.43. The summed E-state index contributed by atoms with van der Waals surface area (Å²) in [6, 6.07) is 11.1. The third kappa shape index (κ3) is 2.98. The van der Waals surface area contributed by atoms with Gasteiger partial charge in [-0.25, -0.2) is 19.9 Å². The van der Waals surface area contributed by atoms with E-state index in [-0.39, 0.29) is 5.82 Å². The van der Waals surface area contributed by atoms with Crippen LogP contribution in [0.5, 0.6) is 0 Å². The Morgan fingerprint density at radius 3 is 2.55 bits per heavy atom. The van der Waals surface area contributed by atoms with Crippen LogP contribution >= 0.6 is 23.2 Å². The number of hydrogen-bond acceptors (Lipinski definition) is 4. The molecule has 1 N–H and O–H groups in total. The molecule has 0 unspecified atom stereocenters. The second-order valence-electron chi connectivity index (χ2n) is 4.32. The average Bonchev–Trinajstić information content (AvgIpc) is 3.02. The fraction of sp³-hybridized carbons (Fsp3) is 0. The van der Waals surface area contributed by atoms with E-state index in [9.17, 15) is 4.39 Å². The number of nitrogens with one attached hydrogen (secondary N) is 1. The molecule has 3 aromatic rings. The Kier molecular flexibility index (Phi) is 4.13. The first-order valence-electron chi connectivity index (χ1n) is 6.26. The molecule has 0 radical (unpaired) electrons. The van der Waals surface area contributed by atoms with E-state index in [1.165, 1.54) is 29.6 Å². The molecule has 1 aromatic heterocycles. The van der Waals surface area contributed by atoms with E-state index in [1.54, 1.807) is 35.3 Å². The normalized spacial score (nSPS) is 10.5. The Morgan fingerprint density at radius 1 is 1.09 bits per heavy atom. The number of hydrogen-bond donors (Lipinski definition) is 1. The van der Waals surface area contributed by atoms with Gasteiger partial charge < -0.3 is 0 Å². The van der Waals surface area contributed by atoms with Gasteiger partial charge in [0.1, 0.15) is 18.5 Å². The number of benzene rings is 2. The van der Waals surface area contributed by atoms with Gasteiger partial charge in [-0.2, -0.15) is 0 Å². The van der Waals surface area contributed by atoms with Crippen LogP contribution < -0.4 is 10.5 Å². The summed E-state index contributed by atoms with van der Waals surface area (Å²) in [6.45, 7) is 0. The SMILES string of the molecule is Fc1ccc(N(Nn2cncn2)c2cccc(Cl)c2Cl)cc1. The number of aromatic nitrogens is 3. The second kappa shape index (κ2) is 6.21. The number of hydrazine groups is 1. The molecule has 0 bridgehead atoms. The Morgan fingerprint density at radius 2 is 1.86 bits per heavy atom. The van der Waals surface area contributed by atoms with Gasteiger partial charge in [0, 0.05) is 0 Å². The minimum Gasteiger partial charge on any atom is -0.239 e. The van der Waals surface area contributed by atoms with Crippen molar-refractivity contribution >= 4 is 34.6 Å². The lowest BCUT2D eigenvalue weighted by molar-refractivity contribution is 0.627. The Labute approximate surface area is 135 Å². The molecule has 0 aliphatic carbocycles. The highest BCUT2D eigenvalue weighted by atomic mass is 35.5. The molecule has 0 amide bonds. The molecule has 3 rings (SSSR count). The van der Waals surface area contributed by atoms with Gasteiger partial charge in [-0.15, -0.1) is 9.89 Å². The molecule has 5 nitrogen and oxygen atoms in total. The molecule has 2 aromatic carbocycles. The van der Waals surface area contributed by atoms with Crippen LogP contribution in [-0.4, -0.2) is 14.9 Å². The molecule has 1 heterocycles. The monoisotopic (exact) mass is 337 g/mol. The first-order chi connectivity index (χ1) is 10.6. The van der Waals surface area contributed by atoms with Crippen molar-refractivity contribution in [3.8, 4) is 0 Å². The summed E-state index contributed by atoms with van der Waals surface area (Å²) in [5.41, 5.74) is 4.24. The van der Waals surface area contributed by atoms with Crippen molar-refractivity contribution in [2.75, 3.05) is 10.5 Å². The maximum absolute atomic E-state index is 13.2. The van der Waals surface area contributed by atoms with E-state index < -0.39 is 0 Å². The Hall–Kier alpha value is -2.31. The molecule has 0 saturated carbocycles. The smallest absolute Gasteiger partial charge is 0.139 e. The number of halogens is 3. The van der Waals surface area contributed by atoms with Crippen molar-refractivity contribution in [2.45, 2.75) is 0 Å². The van der Waals surface area contributed by atoms with Crippen molar-refractivity contribution in [3.63, 3.8) is 0 Å². The standard InChI is InChI=1S/C14H10Cl2FN5/c15-12-2-1-3-13(14(12)16)22(20-21-9-18-8-19-21)11-6-4-10(17)5-7-11/h1-9,20H. The first kappa shape index (κ1) is 14.6. The molecular weight excluding hydrogens is 328 g/mol. The molecule has 8 heteroatoms. The fourth-order valence-corrected chi connectivity index (χ4v) is 2.25. The summed E-state index contributed by atoms with van der Waals surface area (Å²) in [4.78, 5) is 5.25. The molecule has 22 heavy (non-hydrogen) atoms. The summed E-state index contributed by atoms with van der Waals surface area (Å²) in [5, 5.41) is 6.38. The first-order valence-corrected chi connectivity index (χ1v) is 7.02. The van der Waals surface area contributed by atoms with Crippen molar-refractivity contribution in [2.24, 2.45) is 0 Å². The molecule has 0 aliphatic rings. The average molecular weight is 338 g/mol. The van der Waals surface area contributed by atoms with E-state index in [1.807, 2.05) is 0 Å². The van der Waals surface area contributed by atoms with Gasteiger partial charge in [0.2, 0.25) is 0 Å². The summed E-state index contributed by atoms with van der Waals surface area (Å²) >= 11 is 12.3. The third-order valence-electron chi connectivity index (χ3n) is 2.88. The lowest BCUT2D eigenvalue weighted by atomic mass is 10.2. The minimum absolute atomic E-state index is 0.332. The van der Waals surface area contributed by atoms with Crippen molar-refractivity contribution < 1.29 is 4.39 Å². The minimum atomic E-state index is -0.332. The number of nitrogens with zero attached hydrogens (tertiary/aromatic N) is 4. The summed E-state index contributed by atoms with van der Waals surface area (Å²) in [5.74, 6) is -0.332. The van der Waals surface area contributed by atoms with E-state index in [2.05, 4.69) is 15.6 Å². The van der Waals surface area contributed by atoms with Crippen LogP contribution in [-0.2, 0) is 0 Å². The summed E-state index contributed by atoms with van der Waals surface area (Å²) in [6.07, 6.45) is 2.87. The van der Waals surface area contributed by atoms with E-state index >= 15 is 0 Å². The van der Waals surface area contributed by atoms with Crippen LogP contribution in [0.3, 0.4) is 0 Å². The van der Waals surface area contributed by atoms with Gasteiger partial charge in [0.25, 0.3) is 0 Å². The van der Waals surface area contributed by atoms with Gasteiger partial charge in [-0.1, -0.05) is 29.3 Å². The molecule has 0 fully saturated rings. The van der Waals surface area contributed by atoms with E-state index in [0.717, 1.165) is 0 Å². The van der Waals surface area contributed by atoms with Crippen LogP contribution in [0.15, 0.2) is 55.1 Å². The fourth-order valence-electron chi connectivity index (χ4n) is 1.87. The predicted molar refractivity (Wildman–Crippen MR) is 84.4 cm³/mol. The zero-order chi connectivity index (χ0) is 15.5. The second-order valence-corrected chi connectivity index (χ2v) is 5.11. The highest BCUT2D eigenvalue weighted by Crippen LogP contribution is 2.35. The van der Waals surface area contributed by atoms with Crippen molar-refractivity contribution in [1.82, 2.24) is 14.9 Å². The summed E-state index contributed by atoms with van der Waals surface area (Å²) in [7, 11) is 0. The van der Waals surface area contributed by atoms with Crippen LogP contribution in [0.2, 0.25) is 10.0 Å². The highest BCUT2D eigenvalue weighted by Gasteiger charge is 2.15. The maximum Gasteiger partial charge on any atom is 0.139 e. The van der Waals surface area contributed by atoms with Crippen LogP contribution in [0.25, 0.3) is 0 Å². The van der Waals surface area contributed by atoms with Crippen LogP contribution in [0.1, 0.15) is 0 Å². The Balaban J connectivity index is 2.05. The lowest BCUT2D eigenvalue weighted by Crippen LogP contribution is -2.33. The van der Waals surface area contributed by atoms with Gasteiger partial charge in [0.05, 0.1) is 21.4 Å². The topological polar surface area (TPSA) is 46.0 Å².